The van der Waals surface area contributed by atoms with Crippen LogP contribution in [0, 0.1) is 5.82 Å². The van der Waals surface area contributed by atoms with Crippen LogP contribution in [-0.4, -0.2) is 50.0 Å². The number of nitrogens with zero attached hydrogens (tertiary/aromatic N) is 2. The summed E-state index contributed by atoms with van der Waals surface area (Å²) in [5.41, 5.74) is -0.581. The topological polar surface area (TPSA) is 86.8 Å². The number of sulfonamides is 1. The molecule has 1 atom stereocenters. The van der Waals surface area contributed by atoms with E-state index in [0.29, 0.717) is 27.6 Å². The number of hydrogen-bond acceptors (Lipinski definition) is 4. The Morgan fingerprint density at radius 2 is 1.57 bits per heavy atom. The Labute approximate surface area is 247 Å². The van der Waals surface area contributed by atoms with E-state index >= 15 is 0 Å². The first kappa shape index (κ1) is 32.9. The molecule has 0 aliphatic rings. The fraction of sp³-hybridized carbons (Fsp3) is 0.310. The summed E-state index contributed by atoms with van der Waals surface area (Å²) in [7, 11) is -4.35. The smallest absolute Gasteiger partial charge is 0.352 e. The van der Waals surface area contributed by atoms with Crippen molar-refractivity contribution in [1.82, 2.24) is 10.2 Å². The van der Waals surface area contributed by atoms with Crippen LogP contribution in [0.25, 0.3) is 0 Å². The lowest BCUT2D eigenvalue weighted by Crippen LogP contribution is -2.54. The van der Waals surface area contributed by atoms with Crippen molar-refractivity contribution in [1.29, 1.82) is 0 Å². The van der Waals surface area contributed by atoms with Crippen molar-refractivity contribution in [2.24, 2.45) is 0 Å². The SMILES string of the molecule is CC(C)NC(=O)[C@@H](Cc1ccccc1)N(Cc1ccc(F)cc1)C(=O)CN(c1cc(C(F)(F)F)ccc1Cl)S(C)(=O)=O. The lowest BCUT2D eigenvalue weighted by Gasteiger charge is -2.34. The van der Waals surface area contributed by atoms with Crippen LogP contribution in [0.2, 0.25) is 5.02 Å². The molecule has 0 aliphatic heterocycles. The molecule has 0 spiro atoms. The number of hydrogen-bond donors (Lipinski definition) is 1. The summed E-state index contributed by atoms with van der Waals surface area (Å²) in [6.45, 7) is 2.27. The van der Waals surface area contributed by atoms with Gasteiger partial charge in [0.15, 0.2) is 0 Å². The first-order valence-corrected chi connectivity index (χ1v) is 15.0. The zero-order valence-corrected chi connectivity index (χ0v) is 24.6. The van der Waals surface area contributed by atoms with Gasteiger partial charge in [-0.3, -0.25) is 13.9 Å². The highest BCUT2D eigenvalue weighted by molar-refractivity contribution is 7.92. The first-order valence-electron chi connectivity index (χ1n) is 12.8. The van der Waals surface area contributed by atoms with Crippen LogP contribution in [0.5, 0.6) is 0 Å². The molecule has 42 heavy (non-hydrogen) atoms. The minimum Gasteiger partial charge on any atom is -0.352 e. The maximum absolute atomic E-state index is 14.0. The molecule has 2 amide bonds. The Morgan fingerprint density at radius 3 is 2.12 bits per heavy atom. The fourth-order valence-corrected chi connectivity index (χ4v) is 5.32. The van der Waals surface area contributed by atoms with Crippen LogP contribution >= 0.6 is 11.6 Å². The van der Waals surface area contributed by atoms with Gasteiger partial charge in [0.1, 0.15) is 18.4 Å². The second-order valence-electron chi connectivity index (χ2n) is 9.95. The lowest BCUT2D eigenvalue weighted by molar-refractivity contribution is -0.140. The van der Waals surface area contributed by atoms with Gasteiger partial charge in [-0.05, 0) is 55.3 Å². The summed E-state index contributed by atoms with van der Waals surface area (Å²) >= 11 is 6.13. The highest BCUT2D eigenvalue weighted by Gasteiger charge is 2.36. The van der Waals surface area contributed by atoms with Crippen LogP contribution < -0.4 is 9.62 Å². The average Bonchev–Trinajstić information content (AvgIpc) is 2.89. The Morgan fingerprint density at radius 1 is 0.952 bits per heavy atom. The quantitative estimate of drug-likeness (QED) is 0.287. The number of anilines is 1. The van der Waals surface area contributed by atoms with Crippen LogP contribution in [0.1, 0.15) is 30.5 Å². The summed E-state index contributed by atoms with van der Waals surface area (Å²) < 4.78 is 80.2. The molecule has 0 fully saturated rings. The molecule has 3 aromatic rings. The predicted molar refractivity (Wildman–Crippen MR) is 153 cm³/mol. The van der Waals surface area contributed by atoms with Crippen molar-refractivity contribution in [2.75, 3.05) is 17.1 Å². The maximum Gasteiger partial charge on any atom is 0.416 e. The molecule has 0 radical (unpaired) electrons. The summed E-state index contributed by atoms with van der Waals surface area (Å²) in [5, 5.41) is 2.44. The Balaban J connectivity index is 2.11. The second-order valence-corrected chi connectivity index (χ2v) is 12.3. The van der Waals surface area contributed by atoms with Crippen molar-refractivity contribution < 1.29 is 35.6 Å². The van der Waals surface area contributed by atoms with E-state index in [2.05, 4.69) is 5.32 Å². The van der Waals surface area contributed by atoms with E-state index in [1.54, 1.807) is 44.2 Å². The number of alkyl halides is 3. The minimum atomic E-state index is -4.81. The van der Waals surface area contributed by atoms with Crippen molar-refractivity contribution in [3.63, 3.8) is 0 Å². The highest BCUT2D eigenvalue weighted by atomic mass is 35.5. The van der Waals surface area contributed by atoms with E-state index in [0.717, 1.165) is 17.2 Å². The predicted octanol–water partition coefficient (Wildman–Crippen LogP) is 5.43. The molecule has 1 N–H and O–H groups in total. The van der Waals surface area contributed by atoms with Gasteiger partial charge in [0.2, 0.25) is 21.8 Å². The van der Waals surface area contributed by atoms with Gasteiger partial charge < -0.3 is 10.2 Å². The third-order valence-electron chi connectivity index (χ3n) is 6.19. The monoisotopic (exact) mass is 627 g/mol. The van der Waals surface area contributed by atoms with E-state index < -0.39 is 57.7 Å². The van der Waals surface area contributed by atoms with Crippen LogP contribution in [-0.2, 0) is 38.8 Å². The number of carbonyl (C=O) groups is 2. The van der Waals surface area contributed by atoms with Gasteiger partial charge in [-0.25, -0.2) is 12.8 Å². The fourth-order valence-electron chi connectivity index (χ4n) is 4.20. The van der Waals surface area contributed by atoms with E-state index in [9.17, 15) is 35.6 Å². The zero-order valence-electron chi connectivity index (χ0n) is 23.0. The van der Waals surface area contributed by atoms with E-state index in [1.807, 2.05) is 0 Å². The zero-order chi connectivity index (χ0) is 31.2. The number of nitrogens with one attached hydrogen (secondary N) is 1. The van der Waals surface area contributed by atoms with Crippen molar-refractivity contribution in [2.45, 2.75) is 45.1 Å². The first-order chi connectivity index (χ1) is 19.6. The van der Waals surface area contributed by atoms with Crippen molar-refractivity contribution in [3.05, 3.63) is 100 Å². The normalized spacial score (nSPS) is 12.6. The molecule has 3 aromatic carbocycles. The number of carbonyl (C=O) groups excluding carboxylic acids is 2. The molecule has 226 valence electrons. The van der Waals surface area contributed by atoms with Gasteiger partial charge in [-0.1, -0.05) is 54.1 Å². The average molecular weight is 628 g/mol. The summed E-state index contributed by atoms with van der Waals surface area (Å²) in [5.74, 6) is -1.96. The lowest BCUT2D eigenvalue weighted by atomic mass is 10.0. The third kappa shape index (κ3) is 8.93. The van der Waals surface area contributed by atoms with Gasteiger partial charge in [0.05, 0.1) is 22.5 Å². The highest BCUT2D eigenvalue weighted by Crippen LogP contribution is 2.36. The second kappa shape index (κ2) is 13.6. The van der Waals surface area contributed by atoms with Gasteiger partial charge in [0.25, 0.3) is 0 Å². The van der Waals surface area contributed by atoms with Crippen LogP contribution in [0.4, 0.5) is 23.2 Å². The molecule has 0 aliphatic carbocycles. The molecule has 0 bridgehead atoms. The van der Waals surface area contributed by atoms with Gasteiger partial charge in [-0.2, -0.15) is 13.2 Å². The Hall–Kier alpha value is -3.64. The Kier molecular flexibility index (Phi) is 10.6. The molecule has 3 rings (SSSR count). The van der Waals surface area contributed by atoms with Gasteiger partial charge >= 0.3 is 6.18 Å². The molecule has 13 heteroatoms. The van der Waals surface area contributed by atoms with E-state index in [-0.39, 0.29) is 24.0 Å². The van der Waals surface area contributed by atoms with E-state index in [1.165, 1.54) is 24.3 Å². The van der Waals surface area contributed by atoms with Gasteiger partial charge in [0, 0.05) is 19.0 Å². The maximum atomic E-state index is 14.0. The van der Waals surface area contributed by atoms with Crippen molar-refractivity contribution >= 4 is 39.1 Å². The standard InChI is InChI=1S/C29H30ClF4N3O4S/c1-19(2)35-28(39)26(15-20-7-5-4-6-8-20)36(17-21-9-12-23(31)13-10-21)27(38)18-37(42(3,40)41)25-16-22(29(32,33)34)11-14-24(25)30/h4-14,16,19,26H,15,17-18H2,1-3H3,(H,35,39)/t26-/m1/s1. The number of rotatable bonds is 11. The number of halogens is 5. The Bertz CT molecular complexity index is 1500. The molecular weight excluding hydrogens is 598 g/mol. The number of amides is 2. The largest absolute Gasteiger partial charge is 0.416 e. The van der Waals surface area contributed by atoms with E-state index in [4.69, 9.17) is 11.6 Å². The molecule has 7 nitrogen and oxygen atoms in total. The van der Waals surface area contributed by atoms with Crippen molar-refractivity contribution in [3.8, 4) is 0 Å². The van der Waals surface area contributed by atoms with Crippen LogP contribution in [0.3, 0.4) is 0 Å². The number of benzene rings is 3. The molecule has 0 saturated carbocycles. The minimum absolute atomic E-state index is 0.0372. The summed E-state index contributed by atoms with van der Waals surface area (Å²) in [6.07, 6.45) is -4.04. The molecule has 0 unspecified atom stereocenters. The molecule has 0 heterocycles. The molecule has 0 aromatic heterocycles. The van der Waals surface area contributed by atoms with Crippen LogP contribution in [0.15, 0.2) is 72.8 Å². The molecular formula is C29H30ClF4N3O4S. The third-order valence-corrected chi connectivity index (χ3v) is 7.64. The van der Waals surface area contributed by atoms with Gasteiger partial charge in [-0.15, -0.1) is 0 Å². The summed E-state index contributed by atoms with van der Waals surface area (Å²) in [4.78, 5) is 28.6. The summed E-state index contributed by atoms with van der Waals surface area (Å²) in [6, 6.07) is 14.6. The molecule has 0 saturated heterocycles.